The van der Waals surface area contributed by atoms with Crippen molar-refractivity contribution in [3.05, 3.63) is 0 Å². The van der Waals surface area contributed by atoms with Crippen LogP contribution in [0.3, 0.4) is 0 Å². The molecule has 2 atom stereocenters. The van der Waals surface area contributed by atoms with E-state index in [2.05, 4.69) is 4.74 Å². The number of alkyl halides is 2. The number of hydrogen-bond donors (Lipinski definition) is 1. The molecule has 1 aliphatic carbocycles. The lowest BCUT2D eigenvalue weighted by Crippen LogP contribution is -2.60. The van der Waals surface area contributed by atoms with Crippen molar-refractivity contribution in [3.8, 4) is 0 Å². The Balaban J connectivity index is 3.15. The van der Waals surface area contributed by atoms with Crippen molar-refractivity contribution >= 4 is 15.8 Å². The Morgan fingerprint density at radius 2 is 2.11 bits per heavy atom. The van der Waals surface area contributed by atoms with E-state index < -0.39 is 39.0 Å². The molecule has 0 aromatic carbocycles. The fourth-order valence-corrected chi connectivity index (χ4v) is 3.85. The first-order valence-electron chi connectivity index (χ1n) is 5.53. The monoisotopic (exact) mass is 286 g/mol. The van der Waals surface area contributed by atoms with Gasteiger partial charge in [0.25, 0.3) is 0 Å². The van der Waals surface area contributed by atoms with Gasteiger partial charge < -0.3 is 9.84 Å². The maximum Gasteiger partial charge on any atom is 0.380 e. The van der Waals surface area contributed by atoms with Crippen molar-refractivity contribution in [2.75, 3.05) is 12.9 Å². The summed E-state index contributed by atoms with van der Waals surface area (Å²) in [5, 5.41) is 8.33. The van der Waals surface area contributed by atoms with Crippen LogP contribution < -0.4 is 0 Å². The Hall–Kier alpha value is -0.760. The molecule has 8 heteroatoms. The van der Waals surface area contributed by atoms with Crippen LogP contribution in [0, 0.1) is 0 Å². The molecule has 0 heterocycles. The Kier molecular flexibility index (Phi) is 4.02. The first-order valence-corrected chi connectivity index (χ1v) is 7.49. The lowest BCUT2D eigenvalue weighted by molar-refractivity contribution is -0.210. The van der Waals surface area contributed by atoms with Gasteiger partial charge in [-0.1, -0.05) is 0 Å². The number of carbonyl (C=O) groups excluding carboxylic acids is 1. The SMILES string of the molecule is CCOC(=O)C(F)(F)C1(O)CCCC1S(C)(=O)=O. The van der Waals surface area contributed by atoms with E-state index in [1.165, 1.54) is 6.92 Å². The predicted molar refractivity (Wildman–Crippen MR) is 59.0 cm³/mol. The molecule has 0 bridgehead atoms. The quantitative estimate of drug-likeness (QED) is 0.762. The summed E-state index contributed by atoms with van der Waals surface area (Å²) >= 11 is 0. The van der Waals surface area contributed by atoms with Crippen molar-refractivity contribution in [3.63, 3.8) is 0 Å². The van der Waals surface area contributed by atoms with Gasteiger partial charge in [-0.2, -0.15) is 8.78 Å². The standard InChI is InChI=1S/C10H16F2O5S/c1-3-17-8(13)10(11,12)9(14)6-4-5-7(9)18(2,15)16/h7,14H,3-6H2,1-2H3. The van der Waals surface area contributed by atoms with Gasteiger partial charge in [0.1, 0.15) is 0 Å². The molecule has 1 rings (SSSR count). The van der Waals surface area contributed by atoms with Gasteiger partial charge in [-0.25, -0.2) is 13.2 Å². The van der Waals surface area contributed by atoms with E-state index in [0.717, 1.165) is 6.26 Å². The molecule has 0 spiro atoms. The summed E-state index contributed by atoms with van der Waals surface area (Å²) in [6.07, 6.45) is 0.347. The second kappa shape index (κ2) is 4.73. The number of rotatable bonds is 4. The normalized spacial score (nSPS) is 29.3. The Labute approximate surface area is 104 Å². The first kappa shape index (κ1) is 15.3. The average molecular weight is 286 g/mol. The van der Waals surface area contributed by atoms with Gasteiger partial charge in [-0.3, -0.25) is 0 Å². The largest absolute Gasteiger partial charge is 0.461 e. The minimum absolute atomic E-state index is 0.0929. The van der Waals surface area contributed by atoms with Gasteiger partial charge in [-0.15, -0.1) is 0 Å². The highest BCUT2D eigenvalue weighted by Gasteiger charge is 2.67. The lowest BCUT2D eigenvalue weighted by Gasteiger charge is -2.34. The Morgan fingerprint density at radius 3 is 2.56 bits per heavy atom. The van der Waals surface area contributed by atoms with Gasteiger partial charge in [0.05, 0.1) is 11.9 Å². The molecule has 0 aliphatic heterocycles. The van der Waals surface area contributed by atoms with Crippen LogP contribution in [-0.4, -0.2) is 49.1 Å². The molecule has 1 aliphatic rings. The van der Waals surface area contributed by atoms with Gasteiger partial charge in [0.15, 0.2) is 15.4 Å². The third kappa shape index (κ3) is 2.35. The van der Waals surface area contributed by atoms with Crippen molar-refractivity contribution in [1.29, 1.82) is 0 Å². The molecule has 0 aromatic rings. The molecule has 5 nitrogen and oxygen atoms in total. The molecule has 1 saturated carbocycles. The maximum atomic E-state index is 13.9. The second-order valence-corrected chi connectivity index (χ2v) is 6.66. The number of aliphatic hydroxyl groups is 1. The molecule has 0 amide bonds. The van der Waals surface area contributed by atoms with Crippen LogP contribution in [0.2, 0.25) is 0 Å². The molecular weight excluding hydrogens is 270 g/mol. The number of sulfone groups is 1. The van der Waals surface area contributed by atoms with E-state index in [4.69, 9.17) is 0 Å². The van der Waals surface area contributed by atoms with Gasteiger partial charge in [0, 0.05) is 6.26 Å². The molecule has 1 fully saturated rings. The Bertz CT molecular complexity index is 434. The van der Waals surface area contributed by atoms with Crippen LogP contribution in [0.1, 0.15) is 26.2 Å². The minimum Gasteiger partial charge on any atom is -0.461 e. The summed E-state index contributed by atoms with van der Waals surface area (Å²) in [5.74, 6) is -6.11. The van der Waals surface area contributed by atoms with Gasteiger partial charge in [-0.05, 0) is 26.2 Å². The molecular formula is C10H16F2O5S. The van der Waals surface area contributed by atoms with Gasteiger partial charge in [0.2, 0.25) is 0 Å². The van der Waals surface area contributed by atoms with E-state index >= 15 is 0 Å². The van der Waals surface area contributed by atoms with Crippen LogP contribution in [0.4, 0.5) is 8.78 Å². The molecule has 0 aromatic heterocycles. The maximum absolute atomic E-state index is 13.9. The Morgan fingerprint density at radius 1 is 1.56 bits per heavy atom. The number of ether oxygens (including phenoxy) is 1. The first-order chi connectivity index (χ1) is 8.07. The third-order valence-corrected chi connectivity index (χ3v) is 4.81. The lowest BCUT2D eigenvalue weighted by atomic mass is 9.93. The summed E-state index contributed by atoms with van der Waals surface area (Å²) in [4.78, 5) is 11.2. The van der Waals surface area contributed by atoms with E-state index in [-0.39, 0.29) is 19.4 Å². The fourth-order valence-electron chi connectivity index (χ4n) is 2.28. The minimum atomic E-state index is -4.23. The van der Waals surface area contributed by atoms with Crippen LogP contribution in [0.5, 0.6) is 0 Å². The molecule has 0 saturated heterocycles. The number of halogens is 2. The van der Waals surface area contributed by atoms with E-state index in [1.807, 2.05) is 0 Å². The zero-order chi connectivity index (χ0) is 14.2. The smallest absolute Gasteiger partial charge is 0.380 e. The van der Waals surface area contributed by atoms with E-state index in [0.29, 0.717) is 0 Å². The zero-order valence-corrected chi connectivity index (χ0v) is 11.0. The van der Waals surface area contributed by atoms with Crippen LogP contribution >= 0.6 is 0 Å². The van der Waals surface area contributed by atoms with Gasteiger partial charge >= 0.3 is 11.9 Å². The second-order valence-electron chi connectivity index (χ2n) is 4.43. The average Bonchev–Trinajstić information content (AvgIpc) is 2.61. The summed E-state index contributed by atoms with van der Waals surface area (Å²) in [5.41, 5.74) is -2.88. The molecule has 0 radical (unpaired) electrons. The molecule has 106 valence electrons. The van der Waals surface area contributed by atoms with E-state index in [1.54, 1.807) is 0 Å². The highest BCUT2D eigenvalue weighted by Crippen LogP contribution is 2.45. The van der Waals surface area contributed by atoms with Crippen molar-refractivity contribution in [2.45, 2.75) is 43.0 Å². The summed E-state index contributed by atoms with van der Waals surface area (Å²) < 4.78 is 54.8. The number of hydrogen-bond acceptors (Lipinski definition) is 5. The fraction of sp³-hybridized carbons (Fsp3) is 0.900. The van der Waals surface area contributed by atoms with Crippen molar-refractivity contribution < 1.29 is 31.8 Å². The number of esters is 1. The third-order valence-electron chi connectivity index (χ3n) is 3.15. The number of carbonyl (C=O) groups is 1. The zero-order valence-electron chi connectivity index (χ0n) is 10.2. The predicted octanol–water partition coefficient (Wildman–Crippen LogP) is 0.513. The van der Waals surface area contributed by atoms with Crippen LogP contribution in [-0.2, 0) is 19.4 Å². The highest BCUT2D eigenvalue weighted by atomic mass is 32.2. The highest BCUT2D eigenvalue weighted by molar-refractivity contribution is 7.91. The summed E-state index contributed by atoms with van der Waals surface area (Å²) in [6, 6.07) is 0. The summed E-state index contributed by atoms with van der Waals surface area (Å²) in [6.45, 7) is 1.08. The van der Waals surface area contributed by atoms with Crippen molar-refractivity contribution in [1.82, 2.24) is 0 Å². The van der Waals surface area contributed by atoms with Crippen LogP contribution in [0.25, 0.3) is 0 Å². The van der Waals surface area contributed by atoms with Crippen LogP contribution in [0.15, 0.2) is 0 Å². The molecule has 2 unspecified atom stereocenters. The van der Waals surface area contributed by atoms with Crippen molar-refractivity contribution in [2.24, 2.45) is 0 Å². The topological polar surface area (TPSA) is 80.7 Å². The molecule has 18 heavy (non-hydrogen) atoms. The summed E-state index contributed by atoms with van der Waals surface area (Å²) in [7, 11) is -3.88. The molecule has 1 N–H and O–H groups in total. The van der Waals surface area contributed by atoms with E-state index in [9.17, 15) is 27.1 Å².